The first kappa shape index (κ1) is 9.40. The molecule has 4 nitrogen and oxygen atoms in total. The van der Waals surface area contributed by atoms with E-state index in [9.17, 15) is 4.79 Å². The van der Waals surface area contributed by atoms with Crippen molar-refractivity contribution < 1.29 is 0 Å². The Morgan fingerprint density at radius 3 is 3.00 bits per heavy atom. The van der Waals surface area contributed by atoms with Crippen molar-refractivity contribution in [3.8, 4) is 0 Å². The number of aromatic amines is 1. The third-order valence-electron chi connectivity index (χ3n) is 2.73. The third-order valence-corrected chi connectivity index (χ3v) is 2.73. The van der Waals surface area contributed by atoms with Gasteiger partial charge in [0.05, 0.1) is 0 Å². The summed E-state index contributed by atoms with van der Waals surface area (Å²) in [7, 11) is 0. The maximum absolute atomic E-state index is 10.9. The number of aryl methyl sites for hydroxylation is 1. The van der Waals surface area contributed by atoms with E-state index < -0.39 is 0 Å². The van der Waals surface area contributed by atoms with Crippen LogP contribution in [-0.4, -0.2) is 16.5 Å². The van der Waals surface area contributed by atoms with Crippen LogP contribution in [0.2, 0.25) is 0 Å². The van der Waals surface area contributed by atoms with Crippen molar-refractivity contribution in [1.82, 2.24) is 15.3 Å². The fourth-order valence-corrected chi connectivity index (χ4v) is 1.96. The fraction of sp³-hybridized carbons (Fsp3) is 0.600. The largest absolute Gasteiger partial charge is 0.345 e. The molecule has 4 heteroatoms. The van der Waals surface area contributed by atoms with E-state index in [1.54, 1.807) is 6.20 Å². The summed E-state index contributed by atoms with van der Waals surface area (Å²) in [6, 6.07) is 0.369. The summed E-state index contributed by atoms with van der Waals surface area (Å²) in [5.74, 6) is 0. The first-order valence-electron chi connectivity index (χ1n) is 5.06. The molecule has 1 aliphatic heterocycles. The Morgan fingerprint density at radius 2 is 2.36 bits per heavy atom. The molecule has 2 N–H and O–H groups in total. The zero-order valence-electron chi connectivity index (χ0n) is 8.34. The Balaban J connectivity index is 2.26. The Labute approximate surface area is 82.8 Å². The second-order valence-electron chi connectivity index (χ2n) is 3.77. The summed E-state index contributed by atoms with van der Waals surface area (Å²) in [6.45, 7) is 2.98. The minimum atomic E-state index is -0.262. The van der Waals surface area contributed by atoms with E-state index in [1.165, 1.54) is 12.8 Å². The van der Waals surface area contributed by atoms with Crippen LogP contribution in [0.5, 0.6) is 0 Å². The zero-order chi connectivity index (χ0) is 9.97. The summed E-state index contributed by atoms with van der Waals surface area (Å²) in [4.78, 5) is 17.4. The normalized spacial score (nSPS) is 22.2. The molecule has 1 aromatic heterocycles. The molecule has 1 aromatic rings. The monoisotopic (exact) mass is 193 g/mol. The summed E-state index contributed by atoms with van der Waals surface area (Å²) in [6.07, 6.45) is 5.31. The highest BCUT2D eigenvalue weighted by Gasteiger charge is 2.16. The van der Waals surface area contributed by atoms with E-state index in [-0.39, 0.29) is 5.69 Å². The number of piperidine rings is 1. The topological polar surface area (TPSA) is 57.8 Å². The Bertz CT molecular complexity index is 366. The number of H-pyrrole nitrogens is 1. The number of hydrogen-bond donors (Lipinski definition) is 2. The second kappa shape index (κ2) is 3.92. The summed E-state index contributed by atoms with van der Waals surface area (Å²) >= 11 is 0. The molecule has 2 heterocycles. The first-order valence-corrected chi connectivity index (χ1v) is 5.06. The Morgan fingerprint density at radius 1 is 1.50 bits per heavy atom. The predicted octanol–water partition coefficient (Wildman–Crippen LogP) is 0.893. The minimum Gasteiger partial charge on any atom is -0.310 e. The predicted molar refractivity (Wildman–Crippen MR) is 54.2 cm³/mol. The van der Waals surface area contributed by atoms with E-state index in [1.807, 2.05) is 6.92 Å². The van der Waals surface area contributed by atoms with Gasteiger partial charge in [0, 0.05) is 23.5 Å². The molecule has 0 amide bonds. The minimum absolute atomic E-state index is 0.262. The molecule has 0 bridgehead atoms. The van der Waals surface area contributed by atoms with Crippen LogP contribution in [-0.2, 0) is 0 Å². The molecule has 0 radical (unpaired) electrons. The van der Waals surface area contributed by atoms with Crippen LogP contribution in [0.1, 0.15) is 36.6 Å². The second-order valence-corrected chi connectivity index (χ2v) is 3.77. The van der Waals surface area contributed by atoms with Crippen molar-refractivity contribution in [2.24, 2.45) is 0 Å². The fourth-order valence-electron chi connectivity index (χ4n) is 1.96. The van der Waals surface area contributed by atoms with Gasteiger partial charge in [-0.3, -0.25) is 0 Å². The number of nitrogens with zero attached hydrogens (tertiary/aromatic N) is 1. The highest BCUT2D eigenvalue weighted by molar-refractivity contribution is 5.19. The first-order chi connectivity index (χ1) is 6.77. The van der Waals surface area contributed by atoms with E-state index in [4.69, 9.17) is 0 Å². The molecular weight excluding hydrogens is 178 g/mol. The number of aromatic nitrogens is 2. The molecule has 1 aliphatic rings. The molecule has 76 valence electrons. The van der Waals surface area contributed by atoms with Crippen molar-refractivity contribution >= 4 is 0 Å². The van der Waals surface area contributed by atoms with Gasteiger partial charge in [0.15, 0.2) is 0 Å². The van der Waals surface area contributed by atoms with Crippen LogP contribution >= 0.6 is 0 Å². The molecule has 0 spiro atoms. The third kappa shape index (κ3) is 1.85. The van der Waals surface area contributed by atoms with Gasteiger partial charge in [-0.25, -0.2) is 9.78 Å². The molecule has 2 rings (SSSR count). The highest BCUT2D eigenvalue weighted by atomic mass is 16.1. The molecule has 14 heavy (non-hydrogen) atoms. The SMILES string of the molecule is Cc1[nH]c(=O)ncc1C1CCCCN1. The maximum Gasteiger partial charge on any atom is 0.345 e. The molecule has 1 atom stereocenters. The molecule has 1 unspecified atom stereocenters. The van der Waals surface area contributed by atoms with E-state index in [2.05, 4.69) is 15.3 Å². The van der Waals surface area contributed by atoms with Crippen LogP contribution in [0.25, 0.3) is 0 Å². The van der Waals surface area contributed by atoms with Crippen LogP contribution in [0, 0.1) is 6.92 Å². The lowest BCUT2D eigenvalue weighted by Crippen LogP contribution is -2.28. The quantitative estimate of drug-likeness (QED) is 0.696. The van der Waals surface area contributed by atoms with Gasteiger partial charge in [0.1, 0.15) is 0 Å². The molecule has 0 aliphatic carbocycles. The van der Waals surface area contributed by atoms with E-state index in [0.29, 0.717) is 6.04 Å². The Kier molecular flexibility index (Phi) is 2.63. The van der Waals surface area contributed by atoms with Gasteiger partial charge in [-0.05, 0) is 26.3 Å². The lowest BCUT2D eigenvalue weighted by atomic mass is 9.98. The highest BCUT2D eigenvalue weighted by Crippen LogP contribution is 2.22. The molecule has 0 aromatic carbocycles. The molecule has 0 saturated carbocycles. The molecule has 1 fully saturated rings. The van der Waals surface area contributed by atoms with Crippen molar-refractivity contribution in [3.05, 3.63) is 27.9 Å². The van der Waals surface area contributed by atoms with Crippen molar-refractivity contribution in [2.75, 3.05) is 6.54 Å². The standard InChI is InChI=1S/C10H15N3O/c1-7-8(6-12-10(14)13-7)9-4-2-3-5-11-9/h6,9,11H,2-5H2,1H3,(H,12,13,14). The Hall–Kier alpha value is -1.16. The number of rotatable bonds is 1. The average Bonchev–Trinajstić information content (AvgIpc) is 2.19. The molecule has 1 saturated heterocycles. The van der Waals surface area contributed by atoms with Gasteiger partial charge in [0.25, 0.3) is 0 Å². The summed E-state index contributed by atoms with van der Waals surface area (Å²) in [5, 5.41) is 3.43. The number of hydrogen-bond acceptors (Lipinski definition) is 3. The van der Waals surface area contributed by atoms with Gasteiger partial charge in [-0.15, -0.1) is 0 Å². The molecular formula is C10H15N3O. The van der Waals surface area contributed by atoms with E-state index >= 15 is 0 Å². The maximum atomic E-state index is 10.9. The van der Waals surface area contributed by atoms with Crippen LogP contribution in [0.15, 0.2) is 11.0 Å². The number of nitrogens with one attached hydrogen (secondary N) is 2. The van der Waals surface area contributed by atoms with Gasteiger partial charge in [0.2, 0.25) is 0 Å². The zero-order valence-corrected chi connectivity index (χ0v) is 8.34. The van der Waals surface area contributed by atoms with Gasteiger partial charge in [-0.2, -0.15) is 0 Å². The summed E-state index contributed by atoms with van der Waals surface area (Å²) in [5.41, 5.74) is 1.80. The van der Waals surface area contributed by atoms with Crippen LogP contribution in [0.3, 0.4) is 0 Å². The van der Waals surface area contributed by atoms with Crippen molar-refractivity contribution in [2.45, 2.75) is 32.2 Å². The van der Waals surface area contributed by atoms with Gasteiger partial charge >= 0.3 is 5.69 Å². The lowest BCUT2D eigenvalue weighted by Gasteiger charge is -2.24. The smallest absolute Gasteiger partial charge is 0.310 e. The van der Waals surface area contributed by atoms with Gasteiger partial charge < -0.3 is 10.3 Å². The van der Waals surface area contributed by atoms with Crippen LogP contribution in [0.4, 0.5) is 0 Å². The average molecular weight is 193 g/mol. The summed E-state index contributed by atoms with van der Waals surface area (Å²) < 4.78 is 0. The van der Waals surface area contributed by atoms with Crippen molar-refractivity contribution in [3.63, 3.8) is 0 Å². The van der Waals surface area contributed by atoms with E-state index in [0.717, 1.165) is 24.2 Å². The lowest BCUT2D eigenvalue weighted by molar-refractivity contribution is 0.409. The van der Waals surface area contributed by atoms with Crippen LogP contribution < -0.4 is 11.0 Å². The van der Waals surface area contributed by atoms with Gasteiger partial charge in [-0.1, -0.05) is 6.42 Å². The van der Waals surface area contributed by atoms with Crippen molar-refractivity contribution in [1.29, 1.82) is 0 Å².